The highest BCUT2D eigenvalue weighted by Gasteiger charge is 2.32. The third-order valence-electron chi connectivity index (χ3n) is 4.40. The third-order valence-corrected chi connectivity index (χ3v) is 5.58. The van der Waals surface area contributed by atoms with E-state index in [1.54, 1.807) is 0 Å². The Labute approximate surface area is 132 Å². The number of benzene rings is 1. The number of hydrogen-bond donors (Lipinski definition) is 2. The lowest BCUT2D eigenvalue weighted by molar-refractivity contribution is 0.175. The molecule has 1 aliphatic rings. The summed E-state index contributed by atoms with van der Waals surface area (Å²) in [5.74, 6) is 7.30. The molecule has 0 aromatic heterocycles. The van der Waals surface area contributed by atoms with Crippen LogP contribution in [0.3, 0.4) is 0 Å². The highest BCUT2D eigenvalue weighted by molar-refractivity contribution is 9.11. The summed E-state index contributed by atoms with van der Waals surface area (Å²) in [5, 5.41) is 0. The largest absolute Gasteiger partial charge is 0.271 e. The molecule has 106 valence electrons. The summed E-state index contributed by atoms with van der Waals surface area (Å²) in [6.07, 6.45) is 6.56. The molecule has 3 atom stereocenters. The SMILES string of the molecule is CCC1CCCCC1C(NN)c1ccc(Br)cc1Br. The van der Waals surface area contributed by atoms with Gasteiger partial charge in [0.2, 0.25) is 0 Å². The molecule has 0 heterocycles. The van der Waals surface area contributed by atoms with E-state index in [1.807, 2.05) is 0 Å². The second-order valence-electron chi connectivity index (χ2n) is 5.43. The molecule has 4 heteroatoms. The summed E-state index contributed by atoms with van der Waals surface area (Å²) in [4.78, 5) is 0. The summed E-state index contributed by atoms with van der Waals surface area (Å²) >= 11 is 7.18. The van der Waals surface area contributed by atoms with Crippen LogP contribution in [-0.4, -0.2) is 0 Å². The lowest BCUT2D eigenvalue weighted by atomic mass is 9.72. The Morgan fingerprint density at radius 1 is 1.32 bits per heavy atom. The van der Waals surface area contributed by atoms with Crippen LogP contribution < -0.4 is 11.3 Å². The van der Waals surface area contributed by atoms with Gasteiger partial charge in [0.05, 0.1) is 6.04 Å². The van der Waals surface area contributed by atoms with Gasteiger partial charge in [-0.25, -0.2) is 0 Å². The van der Waals surface area contributed by atoms with Crippen molar-refractivity contribution < 1.29 is 0 Å². The highest BCUT2D eigenvalue weighted by atomic mass is 79.9. The zero-order valence-corrected chi connectivity index (χ0v) is 14.5. The second-order valence-corrected chi connectivity index (χ2v) is 7.20. The minimum atomic E-state index is 0.243. The first-order chi connectivity index (χ1) is 9.17. The van der Waals surface area contributed by atoms with Crippen LogP contribution >= 0.6 is 31.9 Å². The number of rotatable bonds is 4. The molecule has 2 nitrogen and oxygen atoms in total. The number of nitrogens with one attached hydrogen (secondary N) is 1. The van der Waals surface area contributed by atoms with Gasteiger partial charge in [0.25, 0.3) is 0 Å². The molecule has 1 aliphatic carbocycles. The van der Waals surface area contributed by atoms with Gasteiger partial charge in [0.1, 0.15) is 0 Å². The molecule has 0 bridgehead atoms. The average molecular weight is 390 g/mol. The number of nitrogens with two attached hydrogens (primary N) is 1. The van der Waals surface area contributed by atoms with Crippen molar-refractivity contribution in [1.29, 1.82) is 0 Å². The van der Waals surface area contributed by atoms with Crippen LogP contribution in [0, 0.1) is 11.8 Å². The topological polar surface area (TPSA) is 38.0 Å². The molecule has 1 aromatic carbocycles. The van der Waals surface area contributed by atoms with E-state index in [0.29, 0.717) is 5.92 Å². The smallest absolute Gasteiger partial charge is 0.0501 e. The first-order valence-corrected chi connectivity index (χ1v) is 8.67. The van der Waals surface area contributed by atoms with Crippen molar-refractivity contribution in [3.05, 3.63) is 32.7 Å². The summed E-state index contributed by atoms with van der Waals surface area (Å²) in [7, 11) is 0. The van der Waals surface area contributed by atoms with Crippen LogP contribution in [-0.2, 0) is 0 Å². The number of hydrogen-bond acceptors (Lipinski definition) is 2. The van der Waals surface area contributed by atoms with Gasteiger partial charge >= 0.3 is 0 Å². The van der Waals surface area contributed by atoms with Gasteiger partial charge in [-0.1, -0.05) is 70.5 Å². The van der Waals surface area contributed by atoms with Gasteiger partial charge in [-0.3, -0.25) is 11.3 Å². The van der Waals surface area contributed by atoms with Gasteiger partial charge in [-0.2, -0.15) is 0 Å². The Hall–Kier alpha value is 0.1000. The maximum atomic E-state index is 5.88. The van der Waals surface area contributed by atoms with E-state index in [0.717, 1.165) is 14.9 Å². The van der Waals surface area contributed by atoms with Crippen molar-refractivity contribution in [2.75, 3.05) is 0 Å². The molecule has 0 aliphatic heterocycles. The van der Waals surface area contributed by atoms with Crippen LogP contribution in [0.2, 0.25) is 0 Å². The molecule has 0 spiro atoms. The summed E-state index contributed by atoms with van der Waals surface area (Å²) in [6, 6.07) is 6.60. The molecule has 0 amide bonds. The predicted octanol–water partition coefficient (Wildman–Crippen LogP) is 4.93. The van der Waals surface area contributed by atoms with E-state index < -0.39 is 0 Å². The minimum Gasteiger partial charge on any atom is -0.271 e. The van der Waals surface area contributed by atoms with E-state index in [1.165, 1.54) is 37.7 Å². The zero-order valence-electron chi connectivity index (χ0n) is 11.3. The van der Waals surface area contributed by atoms with Gasteiger partial charge in [0.15, 0.2) is 0 Å². The van der Waals surface area contributed by atoms with Crippen LogP contribution in [0.1, 0.15) is 50.6 Å². The van der Waals surface area contributed by atoms with Gasteiger partial charge in [-0.05, 0) is 36.0 Å². The Morgan fingerprint density at radius 3 is 2.68 bits per heavy atom. The van der Waals surface area contributed by atoms with Crippen molar-refractivity contribution in [2.45, 2.75) is 45.1 Å². The van der Waals surface area contributed by atoms with E-state index >= 15 is 0 Å². The van der Waals surface area contributed by atoms with E-state index in [4.69, 9.17) is 5.84 Å². The standard InChI is InChI=1S/C15H22Br2N2/c1-2-10-5-3-4-6-12(10)15(19-18)13-8-7-11(16)9-14(13)17/h7-10,12,15,19H,2-6,18H2,1H3. The van der Waals surface area contributed by atoms with Crippen molar-refractivity contribution >= 4 is 31.9 Å². The van der Waals surface area contributed by atoms with Crippen molar-refractivity contribution in [3.63, 3.8) is 0 Å². The maximum absolute atomic E-state index is 5.88. The summed E-state index contributed by atoms with van der Waals surface area (Å²) in [5.41, 5.74) is 4.34. The molecular formula is C15H22Br2N2. The number of halogens is 2. The van der Waals surface area contributed by atoms with Crippen molar-refractivity contribution in [2.24, 2.45) is 17.7 Å². The maximum Gasteiger partial charge on any atom is 0.0501 e. The fourth-order valence-corrected chi connectivity index (χ4v) is 4.67. The van der Waals surface area contributed by atoms with E-state index in [-0.39, 0.29) is 6.04 Å². The summed E-state index contributed by atoms with van der Waals surface area (Å²) < 4.78 is 2.22. The van der Waals surface area contributed by atoms with Gasteiger partial charge in [-0.15, -0.1) is 0 Å². The molecule has 0 radical (unpaired) electrons. The van der Waals surface area contributed by atoms with Gasteiger partial charge in [0, 0.05) is 8.95 Å². The minimum absolute atomic E-state index is 0.243. The van der Waals surface area contributed by atoms with Crippen LogP contribution in [0.4, 0.5) is 0 Å². The zero-order chi connectivity index (χ0) is 13.8. The monoisotopic (exact) mass is 388 g/mol. The fraction of sp³-hybridized carbons (Fsp3) is 0.600. The third kappa shape index (κ3) is 3.60. The van der Waals surface area contributed by atoms with Crippen LogP contribution in [0.5, 0.6) is 0 Å². The lowest BCUT2D eigenvalue weighted by Gasteiger charge is -2.37. The first-order valence-electron chi connectivity index (χ1n) is 7.08. The predicted molar refractivity (Wildman–Crippen MR) is 87.6 cm³/mol. The van der Waals surface area contributed by atoms with Crippen molar-refractivity contribution in [1.82, 2.24) is 5.43 Å². The Morgan fingerprint density at radius 2 is 2.05 bits per heavy atom. The normalized spacial score (nSPS) is 25.3. The Balaban J connectivity index is 2.27. The van der Waals surface area contributed by atoms with Gasteiger partial charge < -0.3 is 0 Å². The molecular weight excluding hydrogens is 368 g/mol. The summed E-state index contributed by atoms with van der Waals surface area (Å²) in [6.45, 7) is 2.30. The molecule has 3 unspecified atom stereocenters. The Bertz CT molecular complexity index is 423. The average Bonchev–Trinajstić information content (AvgIpc) is 2.42. The van der Waals surface area contributed by atoms with E-state index in [2.05, 4.69) is 62.4 Å². The quantitative estimate of drug-likeness (QED) is 0.565. The second kappa shape index (κ2) is 7.21. The molecule has 1 aromatic rings. The lowest BCUT2D eigenvalue weighted by Crippen LogP contribution is -2.38. The molecule has 1 saturated carbocycles. The highest BCUT2D eigenvalue weighted by Crippen LogP contribution is 2.42. The molecule has 0 saturated heterocycles. The first kappa shape index (κ1) is 15.5. The van der Waals surface area contributed by atoms with E-state index in [9.17, 15) is 0 Å². The van der Waals surface area contributed by atoms with Crippen LogP contribution in [0.25, 0.3) is 0 Å². The molecule has 1 fully saturated rings. The fourth-order valence-electron chi connectivity index (χ4n) is 3.38. The molecule has 19 heavy (non-hydrogen) atoms. The van der Waals surface area contributed by atoms with Crippen LogP contribution in [0.15, 0.2) is 27.1 Å². The van der Waals surface area contributed by atoms with Crippen molar-refractivity contribution in [3.8, 4) is 0 Å². The Kier molecular flexibility index (Phi) is 5.87. The molecule has 3 N–H and O–H groups in total. The number of hydrazine groups is 1. The molecule has 2 rings (SSSR count).